The lowest BCUT2D eigenvalue weighted by molar-refractivity contribution is 0.0963. The van der Waals surface area contributed by atoms with E-state index in [1.807, 2.05) is 6.08 Å². The first kappa shape index (κ1) is 22.9. The molecule has 176 valence electrons. The number of carbonyl (C=O) groups excluding carboxylic acids is 1. The molecule has 1 unspecified atom stereocenters. The summed E-state index contributed by atoms with van der Waals surface area (Å²) in [6.07, 6.45) is 5.60. The van der Waals surface area contributed by atoms with Crippen molar-refractivity contribution in [3.63, 3.8) is 0 Å². The molecule has 0 radical (unpaired) electrons. The maximum atomic E-state index is 14.7. The van der Waals surface area contributed by atoms with Gasteiger partial charge in [-0.25, -0.2) is 18.7 Å². The van der Waals surface area contributed by atoms with Crippen LogP contribution in [0.3, 0.4) is 0 Å². The second-order valence-corrected chi connectivity index (χ2v) is 8.62. The summed E-state index contributed by atoms with van der Waals surface area (Å²) in [5.41, 5.74) is 3.54. The molecule has 2 heterocycles. The van der Waals surface area contributed by atoms with Gasteiger partial charge in [0.25, 0.3) is 5.91 Å². The van der Waals surface area contributed by atoms with Gasteiger partial charge in [-0.05, 0) is 54.5 Å². The summed E-state index contributed by atoms with van der Waals surface area (Å²) in [5.74, 6) is -1.64. The van der Waals surface area contributed by atoms with Crippen LogP contribution in [0.4, 0.5) is 20.4 Å². The summed E-state index contributed by atoms with van der Waals surface area (Å²) in [6.45, 7) is 0.172. The molecular formula is C26H20ClF2N5O. The fourth-order valence-corrected chi connectivity index (χ4v) is 4.46. The topological polar surface area (TPSA) is 79.3 Å². The quantitative estimate of drug-likeness (QED) is 0.513. The van der Waals surface area contributed by atoms with Crippen LogP contribution >= 0.6 is 11.6 Å². The molecule has 2 aliphatic rings. The number of benzene rings is 2. The molecule has 1 aliphatic heterocycles. The van der Waals surface area contributed by atoms with Crippen LogP contribution in [0, 0.1) is 17.6 Å². The average Bonchev–Trinajstić information content (AvgIpc) is 3.01. The number of aromatic nitrogens is 2. The molecule has 35 heavy (non-hydrogen) atoms. The van der Waals surface area contributed by atoms with Crippen LogP contribution in [0.5, 0.6) is 0 Å². The molecule has 2 N–H and O–H groups in total. The Morgan fingerprint density at radius 2 is 1.83 bits per heavy atom. The number of aliphatic imine (C=N–C) groups is 1. The van der Waals surface area contributed by atoms with Crippen LogP contribution in [0.25, 0.3) is 5.57 Å². The Morgan fingerprint density at radius 1 is 1.09 bits per heavy atom. The Hall–Kier alpha value is -3.91. The number of fused-ring (bicyclic) bond motifs is 3. The van der Waals surface area contributed by atoms with Crippen LogP contribution in [-0.2, 0) is 6.54 Å². The predicted octanol–water partition coefficient (Wildman–Crippen LogP) is 5.39. The van der Waals surface area contributed by atoms with E-state index in [1.165, 1.54) is 18.2 Å². The zero-order valence-electron chi connectivity index (χ0n) is 18.6. The smallest absolute Gasteiger partial charge is 0.251 e. The molecule has 1 amide bonds. The molecule has 6 nitrogen and oxygen atoms in total. The Balaban J connectivity index is 1.51. The summed E-state index contributed by atoms with van der Waals surface area (Å²) in [6, 6.07) is 10.7. The molecule has 0 bridgehead atoms. The third-order valence-electron chi connectivity index (χ3n) is 5.96. The van der Waals surface area contributed by atoms with Gasteiger partial charge < -0.3 is 10.6 Å². The fourth-order valence-electron chi connectivity index (χ4n) is 4.24. The number of allylic oxidation sites excluding steroid dienone is 4. The van der Waals surface area contributed by atoms with E-state index in [0.29, 0.717) is 40.1 Å². The molecule has 2 aromatic carbocycles. The monoisotopic (exact) mass is 491 g/mol. The second-order valence-electron chi connectivity index (χ2n) is 8.14. The fraction of sp³-hybridized carbons (Fsp3) is 0.154. The molecule has 0 saturated carbocycles. The van der Waals surface area contributed by atoms with Crippen LogP contribution in [0.15, 0.2) is 70.8 Å². The van der Waals surface area contributed by atoms with Gasteiger partial charge in [0.15, 0.2) is 0 Å². The summed E-state index contributed by atoms with van der Waals surface area (Å²) >= 11 is 6.33. The Morgan fingerprint density at radius 3 is 2.54 bits per heavy atom. The van der Waals surface area contributed by atoms with Crippen LogP contribution in [0.2, 0.25) is 0 Å². The summed E-state index contributed by atoms with van der Waals surface area (Å²) < 4.78 is 29.4. The van der Waals surface area contributed by atoms with E-state index in [0.717, 1.165) is 11.1 Å². The lowest BCUT2D eigenvalue weighted by atomic mass is 9.82. The highest BCUT2D eigenvalue weighted by Crippen LogP contribution is 2.40. The van der Waals surface area contributed by atoms with Gasteiger partial charge in [-0.1, -0.05) is 23.7 Å². The minimum atomic E-state index is -0.673. The first-order valence-corrected chi connectivity index (χ1v) is 11.3. The first-order valence-electron chi connectivity index (χ1n) is 10.9. The highest BCUT2D eigenvalue weighted by Gasteiger charge is 2.33. The number of nitrogens with zero attached hydrogens (tertiary/aromatic N) is 3. The van der Waals surface area contributed by atoms with Gasteiger partial charge in [-0.3, -0.25) is 9.79 Å². The minimum absolute atomic E-state index is 0.148. The number of carbonyl (C=O) groups is 1. The maximum Gasteiger partial charge on any atom is 0.251 e. The molecule has 0 spiro atoms. The number of rotatable bonds is 4. The van der Waals surface area contributed by atoms with Crippen molar-refractivity contribution in [1.29, 1.82) is 0 Å². The van der Waals surface area contributed by atoms with Crippen molar-refractivity contribution in [2.24, 2.45) is 10.9 Å². The number of halogens is 3. The summed E-state index contributed by atoms with van der Waals surface area (Å²) in [5, 5.41) is 6.29. The van der Waals surface area contributed by atoms with E-state index in [1.54, 1.807) is 43.6 Å². The average molecular weight is 492 g/mol. The highest BCUT2D eigenvalue weighted by molar-refractivity contribution is 6.30. The van der Waals surface area contributed by atoms with Crippen molar-refractivity contribution >= 4 is 40.4 Å². The van der Waals surface area contributed by atoms with Crippen LogP contribution in [0.1, 0.15) is 33.6 Å². The predicted molar refractivity (Wildman–Crippen MR) is 132 cm³/mol. The number of hydrogen-bond acceptors (Lipinski definition) is 5. The van der Waals surface area contributed by atoms with E-state index in [4.69, 9.17) is 16.6 Å². The standard InChI is InChI=1S/C26H20ClF2N5O/c1-30-25(35)14-5-8-17(9-6-14)33-26-32-13-15-12-31-24(22-20(28)3-2-4-21(22)29)19-11-16(27)7-10-18(19)23(15)34-26/h2-10,13,19H,11-12H2,1H3,(H,30,35)(H,32,33,34). The van der Waals surface area contributed by atoms with Gasteiger partial charge in [0.2, 0.25) is 5.95 Å². The van der Waals surface area contributed by atoms with E-state index in [-0.39, 0.29) is 18.0 Å². The highest BCUT2D eigenvalue weighted by atomic mass is 35.5. The molecule has 1 aliphatic carbocycles. The van der Waals surface area contributed by atoms with Crippen LogP contribution in [-0.4, -0.2) is 28.6 Å². The Labute approximate surface area is 205 Å². The van der Waals surface area contributed by atoms with Gasteiger partial charge in [0.1, 0.15) is 11.6 Å². The zero-order chi connectivity index (χ0) is 24.5. The van der Waals surface area contributed by atoms with Crippen molar-refractivity contribution in [3.8, 4) is 0 Å². The van der Waals surface area contributed by atoms with Crippen molar-refractivity contribution < 1.29 is 13.6 Å². The maximum absolute atomic E-state index is 14.7. The van der Waals surface area contributed by atoms with Gasteiger partial charge in [0, 0.05) is 41.0 Å². The third-order valence-corrected chi connectivity index (χ3v) is 6.24. The van der Waals surface area contributed by atoms with Crippen LogP contribution < -0.4 is 10.6 Å². The second kappa shape index (κ2) is 9.38. The van der Waals surface area contributed by atoms with Crippen molar-refractivity contribution in [2.45, 2.75) is 13.0 Å². The molecule has 1 aromatic heterocycles. The van der Waals surface area contributed by atoms with Crippen molar-refractivity contribution in [2.75, 3.05) is 12.4 Å². The van der Waals surface area contributed by atoms with E-state index >= 15 is 0 Å². The molecular weight excluding hydrogens is 472 g/mol. The van der Waals surface area contributed by atoms with Gasteiger partial charge in [0.05, 0.1) is 23.5 Å². The zero-order valence-corrected chi connectivity index (χ0v) is 19.4. The molecule has 0 fully saturated rings. The van der Waals surface area contributed by atoms with Crippen molar-refractivity contribution in [1.82, 2.24) is 15.3 Å². The van der Waals surface area contributed by atoms with Gasteiger partial charge in [-0.2, -0.15) is 0 Å². The van der Waals surface area contributed by atoms with Gasteiger partial charge in [-0.15, -0.1) is 0 Å². The molecule has 5 rings (SSSR count). The first-order chi connectivity index (χ1) is 16.9. The van der Waals surface area contributed by atoms with E-state index in [9.17, 15) is 13.6 Å². The normalized spacial score (nSPS) is 16.7. The molecule has 3 aromatic rings. The third kappa shape index (κ3) is 4.44. The number of nitrogens with one attached hydrogen (secondary N) is 2. The molecule has 1 atom stereocenters. The van der Waals surface area contributed by atoms with E-state index < -0.39 is 17.6 Å². The minimum Gasteiger partial charge on any atom is -0.355 e. The Bertz CT molecular complexity index is 1400. The molecule has 0 saturated heterocycles. The van der Waals surface area contributed by atoms with Gasteiger partial charge >= 0.3 is 0 Å². The number of amides is 1. The summed E-state index contributed by atoms with van der Waals surface area (Å²) in [7, 11) is 1.57. The largest absolute Gasteiger partial charge is 0.355 e. The lowest BCUT2D eigenvalue weighted by Gasteiger charge is -2.24. The summed E-state index contributed by atoms with van der Waals surface area (Å²) in [4.78, 5) is 25.5. The SMILES string of the molecule is CNC(=O)c1ccc(Nc2ncc3c(n2)C2=CC=C(Cl)CC2C(c2c(F)cccc2F)=NC3)cc1. The number of anilines is 2. The lowest BCUT2D eigenvalue weighted by Crippen LogP contribution is -2.22. The number of hydrogen-bond donors (Lipinski definition) is 2. The van der Waals surface area contributed by atoms with E-state index in [2.05, 4.69) is 20.6 Å². The van der Waals surface area contributed by atoms with Crippen molar-refractivity contribution in [3.05, 3.63) is 99.9 Å². The molecule has 9 heteroatoms. The Kier molecular flexibility index (Phi) is 6.13.